The Kier molecular flexibility index (Phi) is 11.3. The number of likely N-dealkylation sites (tertiary alicyclic amines) is 2. The molecule has 2 atom stereocenters. The molecule has 0 aliphatic carbocycles. The van der Waals surface area contributed by atoms with Crippen molar-refractivity contribution < 1.29 is 38.2 Å². The highest BCUT2D eigenvalue weighted by Crippen LogP contribution is 2.19. The Morgan fingerprint density at radius 2 is 1.32 bits per heavy atom. The van der Waals surface area contributed by atoms with Gasteiger partial charge in [0.2, 0.25) is 29.5 Å². The maximum Gasteiger partial charge on any atom is 0.232 e. The first-order valence-electron chi connectivity index (χ1n) is 11.8. The molecule has 0 aromatic carbocycles. The van der Waals surface area contributed by atoms with Crippen molar-refractivity contribution in [2.45, 2.75) is 52.4 Å². The number of rotatable bonds is 16. The van der Waals surface area contributed by atoms with E-state index in [1.165, 1.54) is 4.90 Å². The van der Waals surface area contributed by atoms with Crippen LogP contribution in [0.5, 0.6) is 0 Å². The first kappa shape index (κ1) is 27.6. The molecule has 0 aromatic rings. The van der Waals surface area contributed by atoms with Gasteiger partial charge >= 0.3 is 0 Å². The van der Waals surface area contributed by atoms with Crippen LogP contribution in [0.4, 0.5) is 0 Å². The number of nitrogens with one attached hydrogen (secondary N) is 1. The van der Waals surface area contributed by atoms with Gasteiger partial charge in [-0.15, -0.1) is 0 Å². The molecule has 34 heavy (non-hydrogen) atoms. The number of amides is 5. The summed E-state index contributed by atoms with van der Waals surface area (Å²) in [7, 11) is 0. The second-order valence-corrected chi connectivity index (χ2v) is 8.69. The molecule has 2 saturated heterocycles. The van der Waals surface area contributed by atoms with Crippen LogP contribution in [0.15, 0.2) is 0 Å². The smallest absolute Gasteiger partial charge is 0.232 e. The fourth-order valence-electron chi connectivity index (χ4n) is 3.79. The molecule has 0 saturated carbocycles. The summed E-state index contributed by atoms with van der Waals surface area (Å²) in [5, 5.41) is 2.67. The number of carbonyl (C=O) groups excluding carboxylic acids is 6. The van der Waals surface area contributed by atoms with E-state index < -0.39 is 0 Å². The highest BCUT2D eigenvalue weighted by molar-refractivity contribution is 6.04. The average molecular weight is 482 g/mol. The minimum atomic E-state index is -0.311. The summed E-state index contributed by atoms with van der Waals surface area (Å²) in [4.78, 5) is 73.0. The van der Waals surface area contributed by atoms with Gasteiger partial charge in [-0.1, -0.05) is 13.8 Å². The van der Waals surface area contributed by atoms with Gasteiger partial charge < -0.3 is 14.8 Å². The van der Waals surface area contributed by atoms with Gasteiger partial charge in [-0.25, -0.2) is 0 Å². The summed E-state index contributed by atoms with van der Waals surface area (Å²) in [5.74, 6) is -1.74. The Bertz CT molecular complexity index is 720. The van der Waals surface area contributed by atoms with Gasteiger partial charge in [-0.05, 0) is 6.42 Å². The Morgan fingerprint density at radius 3 is 1.85 bits per heavy atom. The zero-order chi connectivity index (χ0) is 25.1. The number of ether oxygens (including phenoxy) is 2. The van der Waals surface area contributed by atoms with Crippen molar-refractivity contribution >= 4 is 35.3 Å². The number of hydrogen-bond acceptors (Lipinski definition) is 8. The number of imide groups is 2. The molecular formula is C23H35N3O8. The van der Waals surface area contributed by atoms with E-state index in [4.69, 9.17) is 9.47 Å². The molecular weight excluding hydrogens is 446 g/mol. The molecule has 2 fully saturated rings. The Morgan fingerprint density at radius 1 is 0.794 bits per heavy atom. The maximum absolute atomic E-state index is 11.9. The summed E-state index contributed by atoms with van der Waals surface area (Å²) in [6.07, 6.45) is 1.53. The third kappa shape index (κ3) is 8.60. The average Bonchev–Trinajstić information content (AvgIpc) is 3.18. The molecule has 2 aliphatic rings. The SMILES string of the molecule is CC1CC(=O)N(CCC(=O)CCCOCCOCCNC(=O)CCN2C(=O)CC(C)C2=O)C1=O. The van der Waals surface area contributed by atoms with Crippen molar-refractivity contribution in [1.29, 1.82) is 0 Å². The van der Waals surface area contributed by atoms with Crippen molar-refractivity contribution in [1.82, 2.24) is 15.1 Å². The lowest BCUT2D eigenvalue weighted by Crippen LogP contribution is -2.35. The van der Waals surface area contributed by atoms with Crippen LogP contribution in [0.3, 0.4) is 0 Å². The number of Topliss-reactive ketones (excluding diaryl/α,β-unsaturated/α-hetero) is 1. The molecule has 0 radical (unpaired) electrons. The third-order valence-electron chi connectivity index (χ3n) is 5.80. The molecule has 2 heterocycles. The Labute approximate surface area is 199 Å². The van der Waals surface area contributed by atoms with E-state index in [-0.39, 0.29) is 85.9 Å². The van der Waals surface area contributed by atoms with Crippen LogP contribution in [0.1, 0.15) is 52.4 Å². The molecule has 2 aliphatic heterocycles. The van der Waals surface area contributed by atoms with Crippen LogP contribution in [-0.2, 0) is 38.2 Å². The van der Waals surface area contributed by atoms with E-state index in [1.54, 1.807) is 13.8 Å². The van der Waals surface area contributed by atoms with Gasteiger partial charge in [0.25, 0.3) is 0 Å². The van der Waals surface area contributed by atoms with E-state index in [0.717, 1.165) is 4.90 Å². The predicted octanol–water partition coefficient (Wildman–Crippen LogP) is 0.0553. The summed E-state index contributed by atoms with van der Waals surface area (Å²) >= 11 is 0. The number of hydrogen-bond donors (Lipinski definition) is 1. The molecule has 11 nitrogen and oxygen atoms in total. The van der Waals surface area contributed by atoms with Gasteiger partial charge in [0.05, 0.1) is 19.8 Å². The van der Waals surface area contributed by atoms with Crippen molar-refractivity contribution in [3.63, 3.8) is 0 Å². The second kappa shape index (κ2) is 13.9. The van der Waals surface area contributed by atoms with E-state index in [9.17, 15) is 28.8 Å². The highest BCUT2D eigenvalue weighted by atomic mass is 16.5. The molecule has 2 rings (SSSR count). The lowest BCUT2D eigenvalue weighted by molar-refractivity contribution is -0.141. The Balaban J connectivity index is 1.39. The quantitative estimate of drug-likeness (QED) is 0.241. The normalized spacial score (nSPS) is 20.5. The van der Waals surface area contributed by atoms with Crippen LogP contribution in [0.2, 0.25) is 0 Å². The molecule has 2 unspecified atom stereocenters. The van der Waals surface area contributed by atoms with E-state index in [2.05, 4.69) is 5.32 Å². The van der Waals surface area contributed by atoms with Gasteiger partial charge in [0.15, 0.2) is 0 Å². The van der Waals surface area contributed by atoms with Crippen LogP contribution in [0.25, 0.3) is 0 Å². The molecule has 190 valence electrons. The fourth-order valence-corrected chi connectivity index (χ4v) is 3.79. The number of carbonyl (C=O) groups is 6. The topological polar surface area (TPSA) is 139 Å². The van der Waals surface area contributed by atoms with Crippen molar-refractivity contribution in [2.75, 3.05) is 46.1 Å². The lowest BCUT2D eigenvalue weighted by atomic mass is 10.1. The molecule has 5 amide bonds. The van der Waals surface area contributed by atoms with E-state index in [0.29, 0.717) is 45.8 Å². The van der Waals surface area contributed by atoms with Crippen molar-refractivity contribution in [3.05, 3.63) is 0 Å². The minimum absolute atomic E-state index is 0.0104. The Hall–Kier alpha value is -2.66. The molecule has 11 heteroatoms. The van der Waals surface area contributed by atoms with Crippen LogP contribution >= 0.6 is 0 Å². The summed E-state index contributed by atoms with van der Waals surface area (Å²) in [6.45, 7) is 5.38. The summed E-state index contributed by atoms with van der Waals surface area (Å²) < 4.78 is 10.8. The van der Waals surface area contributed by atoms with Gasteiger partial charge in [-0.2, -0.15) is 0 Å². The molecule has 0 bridgehead atoms. The van der Waals surface area contributed by atoms with Gasteiger partial charge in [-0.3, -0.25) is 38.6 Å². The zero-order valence-electron chi connectivity index (χ0n) is 20.0. The van der Waals surface area contributed by atoms with Crippen LogP contribution in [-0.4, -0.2) is 91.2 Å². The predicted molar refractivity (Wildman–Crippen MR) is 119 cm³/mol. The van der Waals surface area contributed by atoms with Crippen molar-refractivity contribution in [2.24, 2.45) is 11.8 Å². The highest BCUT2D eigenvalue weighted by Gasteiger charge is 2.36. The maximum atomic E-state index is 11.9. The second-order valence-electron chi connectivity index (χ2n) is 8.69. The largest absolute Gasteiger partial charge is 0.379 e. The van der Waals surface area contributed by atoms with Crippen molar-refractivity contribution in [3.8, 4) is 0 Å². The first-order chi connectivity index (χ1) is 16.2. The third-order valence-corrected chi connectivity index (χ3v) is 5.80. The molecule has 0 aromatic heterocycles. The van der Waals surface area contributed by atoms with Gasteiger partial charge in [0.1, 0.15) is 5.78 Å². The number of nitrogens with zero attached hydrogens (tertiary/aromatic N) is 2. The van der Waals surface area contributed by atoms with E-state index in [1.807, 2.05) is 0 Å². The monoisotopic (exact) mass is 481 g/mol. The van der Waals surface area contributed by atoms with Crippen LogP contribution < -0.4 is 5.32 Å². The summed E-state index contributed by atoms with van der Waals surface area (Å²) in [6, 6.07) is 0. The lowest BCUT2D eigenvalue weighted by Gasteiger charge is -2.14. The molecule has 1 N–H and O–H groups in total. The van der Waals surface area contributed by atoms with E-state index >= 15 is 0 Å². The zero-order valence-corrected chi connectivity index (χ0v) is 20.0. The summed E-state index contributed by atoms with van der Waals surface area (Å²) in [5.41, 5.74) is 0. The fraction of sp³-hybridized carbons (Fsp3) is 0.739. The van der Waals surface area contributed by atoms with Gasteiger partial charge in [0, 0.05) is 70.2 Å². The standard InChI is InChI=1S/C23H35N3O8/c1-16-14-20(29)25(22(16)31)8-5-18(27)4-3-10-33-12-13-34-11-7-24-19(28)6-9-26-21(30)15-17(2)23(26)32/h16-17H,3-15H2,1-2H3,(H,24,28). The van der Waals surface area contributed by atoms with Crippen LogP contribution in [0, 0.1) is 11.8 Å². The minimum Gasteiger partial charge on any atom is -0.379 e. The first-order valence-corrected chi connectivity index (χ1v) is 11.8. The molecule has 0 spiro atoms. The number of ketones is 1.